The Hall–Kier alpha value is -2.29. The molecule has 0 aromatic carbocycles. The monoisotopic (exact) mass is 276 g/mol. The molecule has 0 aliphatic carbocycles. The molecule has 0 amide bonds. The van der Waals surface area contributed by atoms with Crippen molar-refractivity contribution in [3.8, 4) is 0 Å². The molecule has 2 unspecified atom stereocenters. The molecule has 0 aliphatic heterocycles. The maximum atomic E-state index is 11.5. The number of hydrogen-bond donors (Lipinski definition) is 3. The topological polar surface area (TPSA) is 155 Å². The first-order chi connectivity index (χ1) is 8.44. The predicted molar refractivity (Wildman–Crippen MR) is 56.1 cm³/mol. The summed E-state index contributed by atoms with van der Waals surface area (Å²) in [5.41, 5.74) is -7.27. The first-order valence-corrected chi connectivity index (χ1v) is 4.85. The van der Waals surface area contributed by atoms with Crippen molar-refractivity contribution in [1.82, 2.24) is 0 Å². The van der Waals surface area contributed by atoms with Crippen LogP contribution in [0.3, 0.4) is 0 Å². The lowest BCUT2D eigenvalue weighted by atomic mass is 9.76. The molecule has 0 saturated heterocycles. The Labute approximate surface area is 106 Å². The lowest BCUT2D eigenvalue weighted by Gasteiger charge is -2.36. The summed E-state index contributed by atoms with van der Waals surface area (Å²) in [6.45, 7) is 1.83. The Morgan fingerprint density at radius 1 is 0.842 bits per heavy atom. The highest BCUT2D eigenvalue weighted by molar-refractivity contribution is 6.21. The van der Waals surface area contributed by atoms with E-state index in [1.54, 1.807) is 0 Å². The summed E-state index contributed by atoms with van der Waals surface area (Å²) in [6.07, 6.45) is 0. The minimum atomic E-state index is -3.73. The Morgan fingerprint density at radius 2 is 1.26 bits per heavy atom. The summed E-state index contributed by atoms with van der Waals surface area (Å²) >= 11 is 0. The predicted octanol–water partition coefficient (Wildman–Crippen LogP) is -1.63. The third-order valence-electron chi connectivity index (χ3n) is 2.42. The van der Waals surface area contributed by atoms with Crippen molar-refractivity contribution in [2.24, 2.45) is 0 Å². The van der Waals surface area contributed by atoms with Crippen LogP contribution in [0.1, 0.15) is 20.8 Å². The summed E-state index contributed by atoms with van der Waals surface area (Å²) in [5, 5.41) is 27.7. The van der Waals surface area contributed by atoms with Crippen LogP contribution in [-0.4, -0.2) is 56.0 Å². The molecular formula is C10H12O9. The standard InChI is InChI=1S/C10H12O9/c1-4(11)9(18,7(14)15)10(5(2)12,8(16)17)19-6(3)13/h18H,1-3H3,(H,14,15)(H,16,17). The largest absolute Gasteiger partial charge is 0.479 e. The van der Waals surface area contributed by atoms with E-state index in [2.05, 4.69) is 4.74 Å². The van der Waals surface area contributed by atoms with E-state index in [1.165, 1.54) is 0 Å². The minimum Gasteiger partial charge on any atom is -0.479 e. The highest BCUT2D eigenvalue weighted by Gasteiger charge is 2.70. The molecule has 2 atom stereocenters. The molecule has 9 nitrogen and oxygen atoms in total. The zero-order chi connectivity index (χ0) is 15.6. The van der Waals surface area contributed by atoms with Gasteiger partial charge in [-0.05, 0) is 13.8 Å². The Morgan fingerprint density at radius 3 is 1.42 bits per heavy atom. The number of rotatable bonds is 6. The third-order valence-corrected chi connectivity index (χ3v) is 2.42. The van der Waals surface area contributed by atoms with E-state index in [9.17, 15) is 29.1 Å². The van der Waals surface area contributed by atoms with Crippen LogP contribution < -0.4 is 0 Å². The van der Waals surface area contributed by atoms with Crippen LogP contribution in [-0.2, 0) is 28.7 Å². The van der Waals surface area contributed by atoms with Gasteiger partial charge in [0, 0.05) is 6.92 Å². The van der Waals surface area contributed by atoms with Gasteiger partial charge in [-0.1, -0.05) is 0 Å². The van der Waals surface area contributed by atoms with Crippen LogP contribution in [0.25, 0.3) is 0 Å². The van der Waals surface area contributed by atoms with Gasteiger partial charge >= 0.3 is 23.5 Å². The molecule has 0 heterocycles. The van der Waals surface area contributed by atoms with Gasteiger partial charge in [0.15, 0.2) is 11.6 Å². The SMILES string of the molecule is CC(=O)OC(C(C)=O)(C(=O)O)C(O)(C(C)=O)C(=O)O. The number of carboxylic acids is 2. The van der Waals surface area contributed by atoms with Gasteiger partial charge in [0.25, 0.3) is 5.60 Å². The van der Waals surface area contributed by atoms with Gasteiger partial charge in [0.05, 0.1) is 0 Å². The zero-order valence-electron chi connectivity index (χ0n) is 10.3. The number of carbonyl (C=O) groups is 5. The number of ketones is 2. The lowest BCUT2D eigenvalue weighted by molar-refractivity contribution is -0.215. The van der Waals surface area contributed by atoms with Crippen LogP contribution in [0.15, 0.2) is 0 Å². The molecule has 0 bridgehead atoms. The van der Waals surface area contributed by atoms with Gasteiger partial charge in [-0.2, -0.15) is 0 Å². The van der Waals surface area contributed by atoms with E-state index in [4.69, 9.17) is 10.2 Å². The average Bonchev–Trinajstić information content (AvgIpc) is 2.22. The van der Waals surface area contributed by atoms with E-state index >= 15 is 0 Å². The molecule has 19 heavy (non-hydrogen) atoms. The Balaban J connectivity index is 6.46. The molecule has 3 N–H and O–H groups in total. The van der Waals surface area contributed by atoms with Crippen LogP contribution in [0.5, 0.6) is 0 Å². The number of carboxylic acid groups (broad SMARTS) is 2. The van der Waals surface area contributed by atoms with Crippen LogP contribution >= 0.6 is 0 Å². The van der Waals surface area contributed by atoms with Crippen LogP contribution in [0.4, 0.5) is 0 Å². The fourth-order valence-electron chi connectivity index (χ4n) is 1.51. The van der Waals surface area contributed by atoms with Crippen LogP contribution in [0.2, 0.25) is 0 Å². The second kappa shape index (κ2) is 5.14. The first kappa shape index (κ1) is 16.7. The fourth-order valence-corrected chi connectivity index (χ4v) is 1.51. The molecule has 0 aromatic heterocycles. The van der Waals surface area contributed by atoms with Gasteiger partial charge < -0.3 is 20.1 Å². The van der Waals surface area contributed by atoms with Gasteiger partial charge in [0.1, 0.15) is 0 Å². The van der Waals surface area contributed by atoms with Gasteiger partial charge in [-0.3, -0.25) is 14.4 Å². The van der Waals surface area contributed by atoms with E-state index in [-0.39, 0.29) is 0 Å². The molecule has 9 heteroatoms. The van der Waals surface area contributed by atoms with E-state index in [1.807, 2.05) is 0 Å². The molecule has 106 valence electrons. The lowest BCUT2D eigenvalue weighted by Crippen LogP contribution is -2.72. The van der Waals surface area contributed by atoms with Gasteiger partial charge in [-0.15, -0.1) is 0 Å². The number of aliphatic hydroxyl groups is 1. The Bertz CT molecular complexity index is 434. The van der Waals surface area contributed by atoms with E-state index in [0.29, 0.717) is 20.8 Å². The molecule has 0 rings (SSSR count). The number of carbonyl (C=O) groups excluding carboxylic acids is 3. The summed E-state index contributed by atoms with van der Waals surface area (Å²) in [4.78, 5) is 55.9. The molecule has 0 aromatic rings. The van der Waals surface area contributed by atoms with E-state index in [0.717, 1.165) is 0 Å². The number of hydrogen-bond acceptors (Lipinski definition) is 7. The summed E-state index contributed by atoms with van der Waals surface area (Å²) in [7, 11) is 0. The zero-order valence-corrected chi connectivity index (χ0v) is 10.3. The Kier molecular flexibility index (Phi) is 4.52. The average molecular weight is 276 g/mol. The van der Waals surface area contributed by atoms with Gasteiger partial charge in [-0.25, -0.2) is 9.59 Å². The van der Waals surface area contributed by atoms with Crippen molar-refractivity contribution < 1.29 is 44.0 Å². The first-order valence-electron chi connectivity index (χ1n) is 4.85. The number of ether oxygens (including phenoxy) is 1. The highest BCUT2D eigenvalue weighted by Crippen LogP contribution is 2.30. The van der Waals surface area contributed by atoms with E-state index < -0.39 is 40.7 Å². The second-order valence-corrected chi connectivity index (χ2v) is 3.71. The summed E-state index contributed by atoms with van der Waals surface area (Å²) in [6, 6.07) is 0. The highest BCUT2D eigenvalue weighted by atomic mass is 16.6. The number of aliphatic carboxylic acids is 2. The molecule has 0 radical (unpaired) electrons. The molecule has 0 spiro atoms. The molecule has 0 aliphatic rings. The summed E-state index contributed by atoms with van der Waals surface area (Å²) < 4.78 is 4.21. The maximum absolute atomic E-state index is 11.5. The molecular weight excluding hydrogens is 264 g/mol. The molecule has 0 fully saturated rings. The number of Topliss-reactive ketones (excluding diaryl/α,β-unsaturated/α-hetero) is 2. The van der Waals surface area contributed by atoms with Crippen molar-refractivity contribution in [2.75, 3.05) is 0 Å². The fraction of sp³-hybridized carbons (Fsp3) is 0.500. The number of esters is 1. The van der Waals surface area contributed by atoms with Crippen LogP contribution in [0, 0.1) is 0 Å². The van der Waals surface area contributed by atoms with Crippen molar-refractivity contribution in [3.63, 3.8) is 0 Å². The molecule has 0 saturated carbocycles. The maximum Gasteiger partial charge on any atom is 0.360 e. The smallest absolute Gasteiger partial charge is 0.360 e. The minimum absolute atomic E-state index is 0.554. The van der Waals surface area contributed by atoms with Gasteiger partial charge in [0.2, 0.25) is 0 Å². The van der Waals surface area contributed by atoms with Crippen molar-refractivity contribution in [1.29, 1.82) is 0 Å². The third kappa shape index (κ3) is 2.32. The second-order valence-electron chi connectivity index (χ2n) is 3.71. The van der Waals surface area contributed by atoms with Crippen molar-refractivity contribution in [2.45, 2.75) is 32.0 Å². The normalized spacial score (nSPS) is 16.6. The van der Waals surface area contributed by atoms with Crippen molar-refractivity contribution in [3.05, 3.63) is 0 Å². The quantitative estimate of drug-likeness (QED) is 0.382. The summed E-state index contributed by atoms with van der Waals surface area (Å²) in [5.74, 6) is -9.03. The van der Waals surface area contributed by atoms with Crippen molar-refractivity contribution >= 4 is 29.5 Å².